The van der Waals surface area contributed by atoms with Crippen molar-refractivity contribution in [3.05, 3.63) is 53.6 Å². The van der Waals surface area contributed by atoms with Gasteiger partial charge in [0.05, 0.1) is 11.9 Å². The first-order valence-corrected chi connectivity index (χ1v) is 7.84. The zero-order chi connectivity index (χ0) is 16.5. The number of hydrogen-bond acceptors (Lipinski definition) is 5. The van der Waals surface area contributed by atoms with Gasteiger partial charge in [-0.25, -0.2) is 13.9 Å². The number of nitrogens with zero attached hydrogens (tertiary/aromatic N) is 3. The fourth-order valence-electron chi connectivity index (χ4n) is 2.75. The largest absolute Gasteiger partial charge is 0.492 e. The van der Waals surface area contributed by atoms with Crippen LogP contribution < -0.4 is 14.8 Å². The highest BCUT2D eigenvalue weighted by atomic mass is 19.1. The van der Waals surface area contributed by atoms with Crippen LogP contribution in [0.1, 0.15) is 24.3 Å². The summed E-state index contributed by atoms with van der Waals surface area (Å²) in [6.07, 6.45) is 1.38. The summed E-state index contributed by atoms with van der Waals surface area (Å²) in [7, 11) is 0. The van der Waals surface area contributed by atoms with Crippen molar-refractivity contribution < 1.29 is 13.9 Å². The molecular formula is C17H17FN4O2. The van der Waals surface area contributed by atoms with Gasteiger partial charge in [0, 0.05) is 24.7 Å². The summed E-state index contributed by atoms with van der Waals surface area (Å²) in [4.78, 5) is 4.32. The molecule has 1 unspecified atom stereocenters. The quantitative estimate of drug-likeness (QED) is 0.687. The zero-order valence-electron chi connectivity index (χ0n) is 13.2. The molecule has 0 fully saturated rings. The second-order valence-electron chi connectivity index (χ2n) is 5.66. The minimum atomic E-state index is -0.402. The first-order valence-electron chi connectivity index (χ1n) is 7.84. The summed E-state index contributed by atoms with van der Waals surface area (Å²) >= 11 is 0. The van der Waals surface area contributed by atoms with Crippen LogP contribution in [-0.4, -0.2) is 27.7 Å². The topological polar surface area (TPSA) is 60.7 Å². The van der Waals surface area contributed by atoms with Crippen molar-refractivity contribution in [3.63, 3.8) is 0 Å². The molecule has 4 rings (SSSR count). The minimum Gasteiger partial charge on any atom is -0.492 e. The van der Waals surface area contributed by atoms with E-state index in [9.17, 15) is 4.39 Å². The van der Waals surface area contributed by atoms with Gasteiger partial charge in [-0.3, -0.25) is 0 Å². The van der Waals surface area contributed by atoms with E-state index in [0.29, 0.717) is 36.9 Å². The molecule has 0 saturated carbocycles. The Balaban J connectivity index is 1.76. The maximum Gasteiger partial charge on any atom is 0.232 e. The van der Waals surface area contributed by atoms with Crippen molar-refractivity contribution in [2.75, 3.05) is 13.2 Å². The molecule has 2 aromatic heterocycles. The van der Waals surface area contributed by atoms with Gasteiger partial charge in [0.15, 0.2) is 5.65 Å². The molecule has 3 heterocycles. The van der Waals surface area contributed by atoms with Crippen LogP contribution in [0.3, 0.4) is 0 Å². The molecule has 1 aromatic carbocycles. The number of nitrogens with one attached hydrogen (secondary N) is 1. The smallest absolute Gasteiger partial charge is 0.232 e. The Labute approximate surface area is 138 Å². The molecule has 6 nitrogen and oxygen atoms in total. The van der Waals surface area contributed by atoms with Crippen LogP contribution in [-0.2, 0) is 6.54 Å². The van der Waals surface area contributed by atoms with Crippen molar-refractivity contribution >= 4 is 5.65 Å². The van der Waals surface area contributed by atoms with Crippen LogP contribution in [0.5, 0.6) is 11.6 Å². The van der Waals surface area contributed by atoms with Crippen molar-refractivity contribution in [1.82, 2.24) is 19.9 Å². The minimum absolute atomic E-state index is 0.324. The van der Waals surface area contributed by atoms with Gasteiger partial charge in [0.1, 0.15) is 24.3 Å². The van der Waals surface area contributed by atoms with E-state index in [1.165, 1.54) is 12.1 Å². The van der Waals surface area contributed by atoms with Crippen LogP contribution in [0.2, 0.25) is 0 Å². The lowest BCUT2D eigenvalue weighted by Crippen LogP contribution is -2.21. The predicted octanol–water partition coefficient (Wildman–Crippen LogP) is 2.49. The summed E-state index contributed by atoms with van der Waals surface area (Å²) < 4.78 is 27.1. The molecule has 1 atom stereocenters. The van der Waals surface area contributed by atoms with Gasteiger partial charge >= 0.3 is 0 Å². The molecule has 3 aromatic rings. The van der Waals surface area contributed by atoms with E-state index in [4.69, 9.17) is 9.47 Å². The van der Waals surface area contributed by atoms with Crippen molar-refractivity contribution in [1.29, 1.82) is 0 Å². The standard InChI is InChI=1S/C17H17FN4O2/c1-11-14-8-12(18)2-3-15(14)23-7-6-19-9-13-10-20-16-4-5-17(24-11)21-22(13)16/h2-5,8,10-11,19H,6-7,9H2,1H3. The summed E-state index contributed by atoms with van der Waals surface area (Å²) in [6, 6.07) is 8.07. The first kappa shape index (κ1) is 14.9. The lowest BCUT2D eigenvalue weighted by Gasteiger charge is -2.18. The van der Waals surface area contributed by atoms with Gasteiger partial charge in [-0.1, -0.05) is 0 Å². The molecule has 1 N–H and O–H groups in total. The Morgan fingerprint density at radius 3 is 3.12 bits per heavy atom. The number of hydrogen-bond donors (Lipinski definition) is 1. The average Bonchev–Trinajstić information content (AvgIpc) is 2.97. The fraction of sp³-hybridized carbons (Fsp3) is 0.294. The summed E-state index contributed by atoms with van der Waals surface area (Å²) in [5.74, 6) is 0.742. The molecule has 1 aliphatic rings. The summed E-state index contributed by atoms with van der Waals surface area (Å²) in [5.41, 5.74) is 2.34. The maximum absolute atomic E-state index is 13.7. The van der Waals surface area contributed by atoms with Gasteiger partial charge < -0.3 is 14.8 Å². The Kier molecular flexibility index (Phi) is 3.78. The van der Waals surface area contributed by atoms with E-state index < -0.39 is 6.10 Å². The molecule has 0 aliphatic carbocycles. The Bertz CT molecular complexity index is 880. The molecule has 124 valence electrons. The van der Waals surface area contributed by atoms with E-state index in [2.05, 4.69) is 15.4 Å². The van der Waals surface area contributed by atoms with Gasteiger partial charge in [-0.05, 0) is 31.2 Å². The number of benzene rings is 1. The second kappa shape index (κ2) is 6.09. The lowest BCUT2D eigenvalue weighted by atomic mass is 10.1. The SMILES string of the molecule is CC1Oc2ccc3ncc(n3n2)CNCCOc2ccc(F)cc21. The van der Waals surface area contributed by atoms with E-state index >= 15 is 0 Å². The molecule has 0 spiro atoms. The van der Waals surface area contributed by atoms with Gasteiger partial charge in [0.25, 0.3) is 0 Å². The number of imidazole rings is 1. The monoisotopic (exact) mass is 328 g/mol. The van der Waals surface area contributed by atoms with E-state index in [1.54, 1.807) is 22.8 Å². The lowest BCUT2D eigenvalue weighted by molar-refractivity contribution is 0.205. The third-order valence-corrected chi connectivity index (χ3v) is 3.96. The van der Waals surface area contributed by atoms with E-state index in [-0.39, 0.29) is 5.82 Å². The third kappa shape index (κ3) is 2.78. The van der Waals surface area contributed by atoms with E-state index in [0.717, 1.165) is 11.3 Å². The highest BCUT2D eigenvalue weighted by Gasteiger charge is 2.17. The molecule has 1 aliphatic heterocycles. The number of fused-ring (bicyclic) bond motifs is 2. The van der Waals surface area contributed by atoms with Crippen LogP contribution >= 0.6 is 0 Å². The highest BCUT2D eigenvalue weighted by Crippen LogP contribution is 2.29. The first-order chi connectivity index (χ1) is 11.7. The van der Waals surface area contributed by atoms with Crippen LogP contribution in [0.15, 0.2) is 36.5 Å². The Hall–Kier alpha value is -2.67. The van der Waals surface area contributed by atoms with Gasteiger partial charge in [-0.15, -0.1) is 5.10 Å². The number of halogens is 1. The Morgan fingerprint density at radius 2 is 2.21 bits per heavy atom. The van der Waals surface area contributed by atoms with Crippen LogP contribution in [0, 0.1) is 5.82 Å². The molecule has 0 amide bonds. The number of aromatic nitrogens is 3. The normalized spacial score (nSPS) is 18.0. The second-order valence-corrected chi connectivity index (χ2v) is 5.66. The Morgan fingerprint density at radius 1 is 1.29 bits per heavy atom. The average molecular weight is 328 g/mol. The summed E-state index contributed by atoms with van der Waals surface area (Å²) in [5, 5.41) is 7.77. The highest BCUT2D eigenvalue weighted by molar-refractivity contribution is 5.40. The zero-order valence-corrected chi connectivity index (χ0v) is 13.2. The van der Waals surface area contributed by atoms with E-state index in [1.807, 2.05) is 13.0 Å². The molecule has 0 radical (unpaired) electrons. The molecule has 7 heteroatoms. The van der Waals surface area contributed by atoms with Gasteiger partial charge in [0.2, 0.25) is 5.88 Å². The van der Waals surface area contributed by atoms with Gasteiger partial charge in [-0.2, -0.15) is 0 Å². The number of rotatable bonds is 0. The predicted molar refractivity (Wildman–Crippen MR) is 85.6 cm³/mol. The van der Waals surface area contributed by atoms with Crippen LogP contribution in [0.25, 0.3) is 5.65 Å². The molecule has 2 bridgehead atoms. The molecular weight excluding hydrogens is 311 g/mol. The fourth-order valence-corrected chi connectivity index (χ4v) is 2.75. The van der Waals surface area contributed by atoms with Crippen molar-refractivity contribution in [2.45, 2.75) is 19.6 Å². The van der Waals surface area contributed by atoms with Crippen molar-refractivity contribution in [3.8, 4) is 11.6 Å². The molecule has 24 heavy (non-hydrogen) atoms. The maximum atomic E-state index is 13.7. The van der Waals surface area contributed by atoms with Crippen molar-refractivity contribution in [2.24, 2.45) is 0 Å². The summed E-state index contributed by atoms with van der Waals surface area (Å²) in [6.45, 7) is 3.59. The van der Waals surface area contributed by atoms with Crippen LogP contribution in [0.4, 0.5) is 4.39 Å². The third-order valence-electron chi connectivity index (χ3n) is 3.96. The number of ether oxygens (including phenoxy) is 2. The molecule has 0 saturated heterocycles.